The summed E-state index contributed by atoms with van der Waals surface area (Å²) < 4.78 is 1.11. The molecule has 0 fully saturated rings. The van der Waals surface area contributed by atoms with Crippen LogP contribution < -0.4 is 0 Å². The Morgan fingerprint density at radius 3 is 2.78 bits per heavy atom. The largest absolute Gasteiger partial charge is 0.198 e. The first-order valence-corrected chi connectivity index (χ1v) is 4.34. The van der Waals surface area contributed by atoms with Gasteiger partial charge in [0.15, 0.2) is 0 Å². The zero-order valence-electron chi connectivity index (χ0n) is 4.90. The Kier molecular flexibility index (Phi) is 6.45. The first kappa shape index (κ1) is 9.19. The van der Waals surface area contributed by atoms with Crippen LogP contribution in [0.15, 0.2) is 9.47 Å². The van der Waals surface area contributed by atoms with Crippen molar-refractivity contribution in [3.63, 3.8) is 0 Å². The number of hydrogen-bond donors (Lipinski definition) is 0. The fourth-order valence-electron chi connectivity index (χ4n) is 0.391. The molecule has 0 aliphatic heterocycles. The highest BCUT2D eigenvalue weighted by atomic mass is 79.9. The van der Waals surface area contributed by atoms with Gasteiger partial charge in [-0.15, -0.1) is 0 Å². The second-order valence-electron chi connectivity index (χ2n) is 1.57. The molecule has 1 nitrogen and oxygen atoms in total. The van der Waals surface area contributed by atoms with Crippen LogP contribution in [0.1, 0.15) is 19.3 Å². The van der Waals surface area contributed by atoms with Crippen molar-refractivity contribution < 1.29 is 0 Å². The number of nitrogens with zero attached hydrogens (tertiary/aromatic N) is 1. The summed E-state index contributed by atoms with van der Waals surface area (Å²) in [5.74, 6) is 0. The molecule has 0 saturated heterocycles. The standard InChI is InChI=1S/C6H7Br2N/c7-5-6(8)3-1-2-4-9/h5H,1-3H2/b6-5+. The van der Waals surface area contributed by atoms with E-state index in [-0.39, 0.29) is 0 Å². The lowest BCUT2D eigenvalue weighted by Gasteiger charge is -1.90. The Bertz CT molecular complexity index is 134. The summed E-state index contributed by atoms with van der Waals surface area (Å²) in [5.41, 5.74) is 0. The summed E-state index contributed by atoms with van der Waals surface area (Å²) in [7, 11) is 0. The summed E-state index contributed by atoms with van der Waals surface area (Å²) in [6.07, 6.45) is 2.51. The van der Waals surface area contributed by atoms with E-state index < -0.39 is 0 Å². The van der Waals surface area contributed by atoms with Gasteiger partial charge in [-0.2, -0.15) is 5.26 Å². The molecule has 0 aromatic heterocycles. The molecule has 50 valence electrons. The minimum atomic E-state index is 0.635. The van der Waals surface area contributed by atoms with Gasteiger partial charge in [-0.3, -0.25) is 0 Å². The van der Waals surface area contributed by atoms with E-state index in [0.717, 1.165) is 17.3 Å². The van der Waals surface area contributed by atoms with E-state index in [1.807, 2.05) is 4.99 Å². The minimum Gasteiger partial charge on any atom is -0.198 e. The molecule has 0 spiro atoms. The zero-order valence-corrected chi connectivity index (χ0v) is 8.07. The highest BCUT2D eigenvalue weighted by molar-refractivity contribution is 9.14. The molecule has 0 aromatic rings. The van der Waals surface area contributed by atoms with Crippen molar-refractivity contribution in [2.45, 2.75) is 19.3 Å². The number of nitriles is 1. The van der Waals surface area contributed by atoms with Crippen molar-refractivity contribution in [1.82, 2.24) is 0 Å². The van der Waals surface area contributed by atoms with E-state index in [1.165, 1.54) is 0 Å². The maximum Gasteiger partial charge on any atom is 0.0621 e. The summed E-state index contributed by atoms with van der Waals surface area (Å²) >= 11 is 6.49. The molecule has 0 atom stereocenters. The smallest absolute Gasteiger partial charge is 0.0621 e. The molecule has 3 heteroatoms. The third-order valence-corrected chi connectivity index (χ3v) is 2.62. The monoisotopic (exact) mass is 251 g/mol. The molecule has 0 aliphatic carbocycles. The normalized spacial score (nSPS) is 11.0. The molecule has 0 radical (unpaired) electrons. The summed E-state index contributed by atoms with van der Waals surface area (Å²) in [6, 6.07) is 2.08. The minimum absolute atomic E-state index is 0.635. The first-order valence-electron chi connectivity index (χ1n) is 2.63. The topological polar surface area (TPSA) is 23.8 Å². The Labute approximate surface area is 72.0 Å². The van der Waals surface area contributed by atoms with Crippen molar-refractivity contribution >= 4 is 31.9 Å². The highest BCUT2D eigenvalue weighted by Gasteiger charge is 1.89. The molecule has 0 heterocycles. The van der Waals surface area contributed by atoms with Gasteiger partial charge in [-0.25, -0.2) is 0 Å². The summed E-state index contributed by atoms with van der Waals surface area (Å²) in [6.45, 7) is 0. The van der Waals surface area contributed by atoms with E-state index in [2.05, 4.69) is 37.9 Å². The van der Waals surface area contributed by atoms with Crippen LogP contribution in [0.4, 0.5) is 0 Å². The number of unbranched alkanes of at least 4 members (excludes halogenated alkanes) is 1. The van der Waals surface area contributed by atoms with Crippen LogP contribution in [0.2, 0.25) is 0 Å². The molecule has 0 saturated carbocycles. The van der Waals surface area contributed by atoms with Gasteiger partial charge in [0.25, 0.3) is 0 Å². The lowest BCUT2D eigenvalue weighted by molar-refractivity contribution is 0.872. The number of allylic oxidation sites excluding steroid dienone is 1. The maximum atomic E-state index is 8.16. The van der Waals surface area contributed by atoms with E-state index >= 15 is 0 Å². The lowest BCUT2D eigenvalue weighted by atomic mass is 10.2. The van der Waals surface area contributed by atoms with Crippen LogP contribution in [0.5, 0.6) is 0 Å². The molecule has 0 N–H and O–H groups in total. The molecule has 9 heavy (non-hydrogen) atoms. The molecule has 0 aliphatic rings. The van der Waals surface area contributed by atoms with Crippen LogP contribution in [-0.4, -0.2) is 0 Å². The fraction of sp³-hybridized carbons (Fsp3) is 0.500. The predicted molar refractivity (Wildman–Crippen MR) is 45.4 cm³/mol. The third kappa shape index (κ3) is 6.07. The van der Waals surface area contributed by atoms with E-state index in [1.54, 1.807) is 0 Å². The quantitative estimate of drug-likeness (QED) is 0.707. The van der Waals surface area contributed by atoms with Gasteiger partial charge in [0, 0.05) is 10.9 Å². The van der Waals surface area contributed by atoms with Crippen molar-refractivity contribution in [2.24, 2.45) is 0 Å². The molecule has 0 rings (SSSR count). The van der Waals surface area contributed by atoms with Crippen molar-refractivity contribution in [1.29, 1.82) is 5.26 Å². The Morgan fingerprint density at radius 1 is 1.67 bits per heavy atom. The fourth-order valence-corrected chi connectivity index (χ4v) is 0.900. The van der Waals surface area contributed by atoms with Gasteiger partial charge < -0.3 is 0 Å². The third-order valence-electron chi connectivity index (χ3n) is 0.823. The maximum absolute atomic E-state index is 8.16. The molecule has 0 aromatic carbocycles. The Morgan fingerprint density at radius 2 is 2.33 bits per heavy atom. The van der Waals surface area contributed by atoms with Crippen molar-refractivity contribution in [2.75, 3.05) is 0 Å². The van der Waals surface area contributed by atoms with Crippen LogP contribution >= 0.6 is 31.9 Å². The molecule has 0 unspecified atom stereocenters. The number of halogens is 2. The predicted octanol–water partition coefficient (Wildman–Crippen LogP) is 3.31. The van der Waals surface area contributed by atoms with E-state index in [9.17, 15) is 0 Å². The van der Waals surface area contributed by atoms with Crippen molar-refractivity contribution in [3.05, 3.63) is 9.47 Å². The molecular weight excluding hydrogens is 246 g/mol. The molecule has 0 amide bonds. The van der Waals surface area contributed by atoms with Gasteiger partial charge in [0.05, 0.1) is 6.07 Å². The van der Waals surface area contributed by atoms with Gasteiger partial charge in [0.1, 0.15) is 0 Å². The van der Waals surface area contributed by atoms with Gasteiger partial charge >= 0.3 is 0 Å². The Hall–Kier alpha value is 0.190. The number of hydrogen-bond acceptors (Lipinski definition) is 1. The van der Waals surface area contributed by atoms with Crippen LogP contribution in [0.25, 0.3) is 0 Å². The number of rotatable bonds is 3. The average molecular weight is 253 g/mol. The Balaban J connectivity index is 3.20. The van der Waals surface area contributed by atoms with Crippen LogP contribution in [-0.2, 0) is 0 Å². The van der Waals surface area contributed by atoms with Crippen molar-refractivity contribution in [3.8, 4) is 6.07 Å². The molecule has 0 bridgehead atoms. The second-order valence-corrected chi connectivity index (χ2v) is 3.04. The summed E-state index contributed by atoms with van der Waals surface area (Å²) in [4.78, 5) is 1.82. The van der Waals surface area contributed by atoms with E-state index in [4.69, 9.17) is 5.26 Å². The summed E-state index contributed by atoms with van der Waals surface area (Å²) in [5, 5.41) is 8.16. The average Bonchev–Trinajstić information content (AvgIpc) is 1.89. The van der Waals surface area contributed by atoms with Gasteiger partial charge in [-0.1, -0.05) is 31.9 Å². The first-order chi connectivity index (χ1) is 4.31. The SMILES string of the molecule is N#CCCC/C(Br)=C\Br. The van der Waals surface area contributed by atoms with Crippen LogP contribution in [0, 0.1) is 11.3 Å². The molecular formula is C6H7Br2N. The second kappa shape index (κ2) is 6.31. The van der Waals surface area contributed by atoms with Gasteiger partial charge in [0.2, 0.25) is 0 Å². The van der Waals surface area contributed by atoms with Crippen LogP contribution in [0.3, 0.4) is 0 Å². The van der Waals surface area contributed by atoms with Gasteiger partial charge in [-0.05, 0) is 17.8 Å². The zero-order chi connectivity index (χ0) is 7.11. The lowest BCUT2D eigenvalue weighted by Crippen LogP contribution is -1.71. The highest BCUT2D eigenvalue weighted by Crippen LogP contribution is 2.15. The van der Waals surface area contributed by atoms with E-state index in [0.29, 0.717) is 6.42 Å².